The third kappa shape index (κ3) is 3.80. The van der Waals surface area contributed by atoms with Gasteiger partial charge in [-0.25, -0.2) is 4.79 Å². The summed E-state index contributed by atoms with van der Waals surface area (Å²) >= 11 is 0. The average molecular weight is 341 g/mol. The molecule has 3 rings (SSSR count). The molecule has 1 aliphatic carbocycles. The summed E-state index contributed by atoms with van der Waals surface area (Å²) in [6.07, 6.45) is -1.15. The molecule has 1 saturated heterocycles. The Hall–Kier alpha value is -2.25. The zero-order valence-electron chi connectivity index (χ0n) is 12.9. The molecule has 24 heavy (non-hydrogen) atoms. The number of nitrogens with zero attached hydrogens (tertiary/aromatic N) is 1. The number of urea groups is 1. The first-order chi connectivity index (χ1) is 11.3. The lowest BCUT2D eigenvalue weighted by atomic mass is 10.2. The summed E-state index contributed by atoms with van der Waals surface area (Å²) in [6, 6.07) is 3.47. The van der Waals surface area contributed by atoms with Crippen LogP contribution in [0.3, 0.4) is 0 Å². The number of amides is 3. The van der Waals surface area contributed by atoms with E-state index in [1.165, 1.54) is 17.0 Å². The minimum atomic E-state index is -4.41. The lowest BCUT2D eigenvalue weighted by Gasteiger charge is -2.24. The summed E-state index contributed by atoms with van der Waals surface area (Å²) < 4.78 is 37.6. The van der Waals surface area contributed by atoms with E-state index in [1.807, 2.05) is 0 Å². The van der Waals surface area contributed by atoms with Crippen molar-refractivity contribution in [2.75, 3.05) is 11.9 Å². The van der Waals surface area contributed by atoms with Crippen molar-refractivity contribution in [2.24, 2.45) is 0 Å². The number of halogens is 3. The number of rotatable bonds is 3. The minimum absolute atomic E-state index is 0.155. The molecule has 2 N–H and O–H groups in total. The van der Waals surface area contributed by atoms with Gasteiger partial charge in [0.1, 0.15) is 6.04 Å². The van der Waals surface area contributed by atoms with Gasteiger partial charge in [-0.1, -0.05) is 0 Å². The Bertz CT molecular complexity index is 626. The molecule has 1 aliphatic heterocycles. The third-order valence-corrected chi connectivity index (χ3v) is 4.20. The minimum Gasteiger partial charge on any atom is -0.352 e. The van der Waals surface area contributed by atoms with Crippen LogP contribution in [-0.4, -0.2) is 35.5 Å². The lowest BCUT2D eigenvalue weighted by Crippen LogP contribution is -2.48. The van der Waals surface area contributed by atoms with Crippen molar-refractivity contribution < 1.29 is 22.8 Å². The van der Waals surface area contributed by atoms with Gasteiger partial charge in [-0.15, -0.1) is 0 Å². The van der Waals surface area contributed by atoms with E-state index in [0.717, 1.165) is 31.4 Å². The molecular formula is C16H18F3N3O2. The van der Waals surface area contributed by atoms with Crippen LogP contribution in [0.15, 0.2) is 24.3 Å². The third-order valence-electron chi connectivity index (χ3n) is 4.20. The molecule has 1 aromatic rings. The number of carbonyl (C=O) groups excluding carboxylic acids is 2. The molecule has 1 atom stereocenters. The summed E-state index contributed by atoms with van der Waals surface area (Å²) in [5.74, 6) is -0.155. The molecule has 1 heterocycles. The molecule has 1 saturated carbocycles. The molecule has 0 bridgehead atoms. The van der Waals surface area contributed by atoms with Crippen LogP contribution in [0.5, 0.6) is 0 Å². The van der Waals surface area contributed by atoms with Crippen molar-refractivity contribution >= 4 is 17.6 Å². The molecule has 5 nitrogen and oxygen atoms in total. The molecule has 3 amide bonds. The zero-order valence-corrected chi connectivity index (χ0v) is 12.9. The highest BCUT2D eigenvalue weighted by Crippen LogP contribution is 2.30. The Balaban J connectivity index is 1.62. The highest BCUT2D eigenvalue weighted by atomic mass is 19.4. The Kier molecular flexibility index (Phi) is 4.38. The van der Waals surface area contributed by atoms with Gasteiger partial charge in [0.05, 0.1) is 5.56 Å². The van der Waals surface area contributed by atoms with Crippen LogP contribution >= 0.6 is 0 Å². The van der Waals surface area contributed by atoms with Crippen LogP contribution in [0, 0.1) is 0 Å². The molecule has 0 spiro atoms. The summed E-state index contributed by atoms with van der Waals surface area (Å²) in [5, 5.41) is 5.44. The smallest absolute Gasteiger partial charge is 0.352 e. The number of likely N-dealkylation sites (tertiary alicyclic amines) is 1. The lowest BCUT2D eigenvalue weighted by molar-refractivity contribution is -0.137. The van der Waals surface area contributed by atoms with E-state index in [-0.39, 0.29) is 17.6 Å². The SMILES string of the molecule is O=C(NC1CC1)[C@@H]1CCCN1C(=O)Nc1ccc(C(F)(F)F)cc1. The van der Waals surface area contributed by atoms with Crippen LogP contribution in [0.4, 0.5) is 23.7 Å². The highest BCUT2D eigenvalue weighted by Gasteiger charge is 2.36. The number of benzene rings is 1. The predicted molar refractivity (Wildman–Crippen MR) is 81.4 cm³/mol. The summed E-state index contributed by atoms with van der Waals surface area (Å²) in [4.78, 5) is 25.9. The maximum absolute atomic E-state index is 12.5. The van der Waals surface area contributed by atoms with Gasteiger partial charge in [0, 0.05) is 18.3 Å². The Morgan fingerprint density at radius 1 is 1.08 bits per heavy atom. The van der Waals surface area contributed by atoms with Gasteiger partial charge < -0.3 is 15.5 Å². The van der Waals surface area contributed by atoms with Gasteiger partial charge in [0.2, 0.25) is 5.91 Å². The standard InChI is InChI=1S/C16H18F3N3O2/c17-16(18,19)10-3-5-12(6-4-10)21-15(24)22-9-1-2-13(22)14(23)20-11-7-8-11/h3-6,11,13H,1-2,7-9H2,(H,20,23)(H,21,24)/t13-/m0/s1. The second-order valence-electron chi connectivity index (χ2n) is 6.14. The van der Waals surface area contributed by atoms with E-state index in [2.05, 4.69) is 10.6 Å². The van der Waals surface area contributed by atoms with E-state index < -0.39 is 23.8 Å². The van der Waals surface area contributed by atoms with E-state index in [4.69, 9.17) is 0 Å². The number of carbonyl (C=O) groups is 2. The zero-order chi connectivity index (χ0) is 17.3. The Labute approximate surface area is 137 Å². The molecule has 2 fully saturated rings. The molecule has 0 radical (unpaired) electrons. The highest BCUT2D eigenvalue weighted by molar-refractivity contribution is 5.94. The normalized spacial score (nSPS) is 20.8. The van der Waals surface area contributed by atoms with Crippen molar-refractivity contribution in [3.05, 3.63) is 29.8 Å². The number of hydrogen-bond donors (Lipinski definition) is 2. The molecule has 8 heteroatoms. The van der Waals surface area contributed by atoms with Crippen molar-refractivity contribution in [3.8, 4) is 0 Å². The first-order valence-corrected chi connectivity index (χ1v) is 7.90. The van der Waals surface area contributed by atoms with Gasteiger partial charge in [-0.2, -0.15) is 13.2 Å². The quantitative estimate of drug-likeness (QED) is 0.888. The van der Waals surface area contributed by atoms with Crippen molar-refractivity contribution in [1.29, 1.82) is 0 Å². The van der Waals surface area contributed by atoms with Crippen molar-refractivity contribution in [1.82, 2.24) is 10.2 Å². The van der Waals surface area contributed by atoms with Crippen LogP contribution in [0.1, 0.15) is 31.2 Å². The first-order valence-electron chi connectivity index (χ1n) is 7.90. The van der Waals surface area contributed by atoms with Crippen LogP contribution < -0.4 is 10.6 Å². The van der Waals surface area contributed by atoms with Crippen LogP contribution in [0.2, 0.25) is 0 Å². The number of anilines is 1. The van der Waals surface area contributed by atoms with Gasteiger partial charge in [-0.05, 0) is 49.9 Å². The predicted octanol–water partition coefficient (Wildman–Crippen LogP) is 2.98. The summed E-state index contributed by atoms with van der Waals surface area (Å²) in [7, 11) is 0. The molecule has 1 aromatic carbocycles. The van der Waals surface area contributed by atoms with Gasteiger partial charge in [0.25, 0.3) is 0 Å². The fourth-order valence-corrected chi connectivity index (χ4v) is 2.75. The van der Waals surface area contributed by atoms with Crippen molar-refractivity contribution in [3.63, 3.8) is 0 Å². The van der Waals surface area contributed by atoms with Crippen LogP contribution in [-0.2, 0) is 11.0 Å². The second-order valence-corrected chi connectivity index (χ2v) is 6.14. The topological polar surface area (TPSA) is 61.4 Å². The maximum Gasteiger partial charge on any atom is 0.416 e. The molecule has 0 unspecified atom stereocenters. The number of nitrogens with one attached hydrogen (secondary N) is 2. The fraction of sp³-hybridized carbons (Fsp3) is 0.500. The summed E-state index contributed by atoms with van der Waals surface area (Å²) in [6.45, 7) is 0.454. The van der Waals surface area contributed by atoms with Crippen LogP contribution in [0.25, 0.3) is 0 Å². The average Bonchev–Trinajstić information content (AvgIpc) is 3.18. The van der Waals surface area contributed by atoms with Gasteiger partial charge in [0.15, 0.2) is 0 Å². The number of hydrogen-bond acceptors (Lipinski definition) is 2. The maximum atomic E-state index is 12.5. The van der Waals surface area contributed by atoms with E-state index in [1.54, 1.807) is 0 Å². The first kappa shape index (κ1) is 16.6. The monoisotopic (exact) mass is 341 g/mol. The van der Waals surface area contributed by atoms with E-state index >= 15 is 0 Å². The molecule has 2 aliphatic rings. The molecule has 0 aromatic heterocycles. The summed E-state index contributed by atoms with van der Waals surface area (Å²) in [5.41, 5.74) is -0.510. The fourth-order valence-electron chi connectivity index (χ4n) is 2.75. The van der Waals surface area contributed by atoms with Crippen molar-refractivity contribution in [2.45, 2.75) is 43.9 Å². The Morgan fingerprint density at radius 3 is 2.33 bits per heavy atom. The van der Waals surface area contributed by atoms with Gasteiger partial charge >= 0.3 is 12.2 Å². The van der Waals surface area contributed by atoms with E-state index in [9.17, 15) is 22.8 Å². The molecular weight excluding hydrogens is 323 g/mol. The second kappa shape index (κ2) is 6.33. The van der Waals surface area contributed by atoms with Gasteiger partial charge in [-0.3, -0.25) is 4.79 Å². The Morgan fingerprint density at radius 2 is 1.75 bits per heavy atom. The molecule has 130 valence electrons. The number of alkyl halides is 3. The van der Waals surface area contributed by atoms with E-state index in [0.29, 0.717) is 13.0 Å². The largest absolute Gasteiger partial charge is 0.416 e.